The van der Waals surface area contributed by atoms with E-state index in [1.165, 1.54) is 36.4 Å². The number of nitro benzene ring substituents is 1. The van der Waals surface area contributed by atoms with Crippen LogP contribution in [0.15, 0.2) is 84.4 Å². The summed E-state index contributed by atoms with van der Waals surface area (Å²) in [6.45, 7) is 0. The number of aliphatic hydroxyl groups is 1. The molecule has 0 unspecified atom stereocenters. The van der Waals surface area contributed by atoms with E-state index in [9.17, 15) is 38.0 Å². The second-order valence-corrected chi connectivity index (χ2v) is 7.40. The van der Waals surface area contributed by atoms with Gasteiger partial charge in [0.2, 0.25) is 0 Å². The third kappa shape index (κ3) is 3.90. The number of para-hydroxylation sites is 1. The summed E-state index contributed by atoms with van der Waals surface area (Å²) in [7, 11) is 0. The lowest BCUT2D eigenvalue weighted by atomic mass is 9.94. The van der Waals surface area contributed by atoms with Crippen molar-refractivity contribution in [2.45, 2.75) is 12.2 Å². The molecule has 0 bridgehead atoms. The second kappa shape index (κ2) is 8.47. The fourth-order valence-electron chi connectivity index (χ4n) is 3.86. The fourth-order valence-corrected chi connectivity index (χ4v) is 3.86. The third-order valence-electron chi connectivity index (χ3n) is 5.37. The van der Waals surface area contributed by atoms with Gasteiger partial charge in [0.25, 0.3) is 17.4 Å². The van der Waals surface area contributed by atoms with Crippen molar-refractivity contribution in [3.8, 4) is 0 Å². The summed E-state index contributed by atoms with van der Waals surface area (Å²) in [4.78, 5) is 37.8. The van der Waals surface area contributed by atoms with Gasteiger partial charge in [-0.3, -0.25) is 24.6 Å². The first kappa shape index (κ1) is 22.7. The van der Waals surface area contributed by atoms with Gasteiger partial charge in [-0.25, -0.2) is 0 Å². The van der Waals surface area contributed by atoms with E-state index in [2.05, 4.69) is 0 Å². The molecule has 1 aliphatic heterocycles. The van der Waals surface area contributed by atoms with Gasteiger partial charge in [-0.05, 0) is 24.3 Å². The quantitative estimate of drug-likeness (QED) is 0.186. The highest BCUT2D eigenvalue weighted by Gasteiger charge is 2.49. The zero-order valence-corrected chi connectivity index (χ0v) is 17.2. The van der Waals surface area contributed by atoms with Crippen molar-refractivity contribution in [3.05, 3.63) is 111 Å². The van der Waals surface area contributed by atoms with Gasteiger partial charge in [0, 0.05) is 17.3 Å². The number of rotatable bonds is 4. The van der Waals surface area contributed by atoms with Crippen LogP contribution < -0.4 is 4.90 Å². The summed E-state index contributed by atoms with van der Waals surface area (Å²) >= 11 is 0. The molecule has 1 fully saturated rings. The predicted molar refractivity (Wildman–Crippen MR) is 116 cm³/mol. The first-order valence-corrected chi connectivity index (χ1v) is 9.88. The van der Waals surface area contributed by atoms with Crippen molar-refractivity contribution in [1.82, 2.24) is 0 Å². The normalized spacial score (nSPS) is 17.7. The average Bonchev–Trinajstić information content (AvgIpc) is 3.09. The van der Waals surface area contributed by atoms with E-state index in [4.69, 9.17) is 0 Å². The molecule has 1 aliphatic rings. The Morgan fingerprint density at radius 3 is 2.24 bits per heavy atom. The van der Waals surface area contributed by atoms with E-state index in [0.717, 1.165) is 23.1 Å². The number of carbonyl (C=O) groups excluding carboxylic acids is 2. The number of nitrogens with zero attached hydrogens (tertiary/aromatic N) is 2. The average molecular weight is 468 g/mol. The lowest BCUT2D eigenvalue weighted by Crippen LogP contribution is -2.30. The topological polar surface area (TPSA) is 101 Å². The van der Waals surface area contributed by atoms with Gasteiger partial charge in [0.15, 0.2) is 0 Å². The minimum Gasteiger partial charge on any atom is -0.507 e. The molecule has 1 saturated heterocycles. The number of amides is 1. The van der Waals surface area contributed by atoms with Crippen molar-refractivity contribution in [3.63, 3.8) is 0 Å². The SMILES string of the molecule is O=C1C(=O)N(c2cccc(C(F)(F)F)c2)[C@H](c2ccccc2[N+](=O)[O-])/C1=C(\O)c1ccccc1. The van der Waals surface area contributed by atoms with Crippen molar-refractivity contribution >= 4 is 28.8 Å². The van der Waals surface area contributed by atoms with E-state index in [1.54, 1.807) is 18.2 Å². The van der Waals surface area contributed by atoms with Crippen LogP contribution in [0.2, 0.25) is 0 Å². The lowest BCUT2D eigenvalue weighted by Gasteiger charge is -2.25. The standard InChI is InChI=1S/C24H15F3N2O5/c25-24(26,27)15-9-6-10-16(13-15)28-20(17-11-4-5-12-18(17)29(33)34)19(22(31)23(28)32)21(30)14-7-2-1-3-8-14/h1-13,20,30H/b21-19+/t20-/m1/s1. The fraction of sp³-hybridized carbons (Fsp3) is 0.0833. The molecule has 1 atom stereocenters. The Kier molecular flexibility index (Phi) is 5.66. The van der Waals surface area contributed by atoms with Gasteiger partial charge >= 0.3 is 6.18 Å². The summed E-state index contributed by atoms with van der Waals surface area (Å²) in [5, 5.41) is 22.7. The number of nitro groups is 1. The number of ketones is 1. The summed E-state index contributed by atoms with van der Waals surface area (Å²) < 4.78 is 40.0. The van der Waals surface area contributed by atoms with Crippen LogP contribution in [0.1, 0.15) is 22.7 Å². The summed E-state index contributed by atoms with van der Waals surface area (Å²) in [6, 6.07) is 15.1. The number of hydrogen-bond acceptors (Lipinski definition) is 5. The summed E-state index contributed by atoms with van der Waals surface area (Å²) in [5.41, 5.74) is -2.29. The van der Waals surface area contributed by atoms with Crippen LogP contribution in [0, 0.1) is 10.1 Å². The molecule has 1 heterocycles. The molecule has 0 aromatic heterocycles. The number of aliphatic hydroxyl groups excluding tert-OH is 1. The number of alkyl halides is 3. The number of benzene rings is 3. The Morgan fingerprint density at radius 1 is 0.941 bits per heavy atom. The molecule has 172 valence electrons. The van der Waals surface area contributed by atoms with Crippen molar-refractivity contribution in [1.29, 1.82) is 0 Å². The van der Waals surface area contributed by atoms with Gasteiger partial charge in [-0.15, -0.1) is 0 Å². The van der Waals surface area contributed by atoms with Gasteiger partial charge in [-0.1, -0.05) is 48.5 Å². The molecule has 4 rings (SSSR count). The first-order chi connectivity index (χ1) is 16.1. The van der Waals surface area contributed by atoms with E-state index in [0.29, 0.717) is 6.07 Å². The monoisotopic (exact) mass is 468 g/mol. The number of halogens is 3. The molecular formula is C24H15F3N2O5. The van der Waals surface area contributed by atoms with Crippen LogP contribution in [-0.4, -0.2) is 21.7 Å². The summed E-state index contributed by atoms with van der Waals surface area (Å²) in [6.07, 6.45) is -4.73. The highest BCUT2D eigenvalue weighted by Crippen LogP contribution is 2.45. The Labute approximate surface area is 190 Å². The Hall–Kier alpha value is -4.47. The van der Waals surface area contributed by atoms with Gasteiger partial charge in [-0.2, -0.15) is 13.2 Å². The van der Waals surface area contributed by atoms with Gasteiger partial charge < -0.3 is 5.11 Å². The predicted octanol–water partition coefficient (Wildman–Crippen LogP) is 5.24. The van der Waals surface area contributed by atoms with Crippen LogP contribution in [0.25, 0.3) is 5.76 Å². The molecule has 0 saturated carbocycles. The van der Waals surface area contributed by atoms with E-state index in [1.807, 2.05) is 0 Å². The zero-order valence-electron chi connectivity index (χ0n) is 17.2. The van der Waals surface area contributed by atoms with Crippen molar-refractivity contribution in [2.24, 2.45) is 0 Å². The number of carbonyl (C=O) groups is 2. The Morgan fingerprint density at radius 2 is 1.59 bits per heavy atom. The summed E-state index contributed by atoms with van der Waals surface area (Å²) in [5.74, 6) is -3.00. The third-order valence-corrected chi connectivity index (χ3v) is 5.37. The molecule has 3 aromatic rings. The largest absolute Gasteiger partial charge is 0.507 e. The molecule has 1 amide bonds. The maximum absolute atomic E-state index is 13.3. The van der Waals surface area contributed by atoms with Crippen LogP contribution in [0.5, 0.6) is 0 Å². The van der Waals surface area contributed by atoms with Gasteiger partial charge in [0.05, 0.1) is 21.6 Å². The van der Waals surface area contributed by atoms with Crippen LogP contribution in [-0.2, 0) is 15.8 Å². The maximum atomic E-state index is 13.3. The maximum Gasteiger partial charge on any atom is 0.416 e. The molecule has 0 aliphatic carbocycles. The lowest BCUT2D eigenvalue weighted by molar-refractivity contribution is -0.385. The molecule has 7 nitrogen and oxygen atoms in total. The number of hydrogen-bond donors (Lipinski definition) is 1. The van der Waals surface area contributed by atoms with E-state index >= 15 is 0 Å². The smallest absolute Gasteiger partial charge is 0.416 e. The Balaban J connectivity index is 2.01. The minimum atomic E-state index is -4.73. The highest BCUT2D eigenvalue weighted by atomic mass is 19.4. The Bertz CT molecular complexity index is 1340. The zero-order chi connectivity index (χ0) is 24.6. The first-order valence-electron chi connectivity index (χ1n) is 9.88. The molecule has 34 heavy (non-hydrogen) atoms. The molecule has 3 aromatic carbocycles. The highest BCUT2D eigenvalue weighted by molar-refractivity contribution is 6.51. The molecule has 10 heteroatoms. The minimum absolute atomic E-state index is 0.137. The molecule has 0 spiro atoms. The van der Waals surface area contributed by atoms with Crippen LogP contribution in [0.3, 0.4) is 0 Å². The molecule has 1 N–H and O–H groups in total. The molecule has 0 radical (unpaired) electrons. The van der Waals surface area contributed by atoms with Gasteiger partial charge in [0.1, 0.15) is 11.8 Å². The van der Waals surface area contributed by atoms with Crippen LogP contribution >= 0.6 is 0 Å². The number of Topliss-reactive ketones (excluding diaryl/α,β-unsaturated/α-hetero) is 1. The van der Waals surface area contributed by atoms with Crippen molar-refractivity contribution < 1.29 is 32.8 Å². The van der Waals surface area contributed by atoms with Crippen molar-refractivity contribution in [2.75, 3.05) is 4.90 Å². The second-order valence-electron chi connectivity index (χ2n) is 7.40. The van der Waals surface area contributed by atoms with E-state index < -0.39 is 51.4 Å². The number of anilines is 1. The van der Waals surface area contributed by atoms with Crippen LogP contribution in [0.4, 0.5) is 24.5 Å². The van der Waals surface area contributed by atoms with E-state index in [-0.39, 0.29) is 16.8 Å². The molecular weight excluding hydrogens is 453 g/mol.